The second-order valence-electron chi connectivity index (χ2n) is 8.81. The van der Waals surface area contributed by atoms with Crippen LogP contribution in [-0.4, -0.2) is 65.7 Å². The lowest BCUT2D eigenvalue weighted by atomic mass is 9.90. The maximum absolute atomic E-state index is 13.7. The number of rotatable bonds is 6. The van der Waals surface area contributed by atoms with Gasteiger partial charge in [0.25, 0.3) is 5.91 Å². The number of benzene rings is 1. The number of amides is 3. The summed E-state index contributed by atoms with van der Waals surface area (Å²) in [4.78, 5) is 53.1. The molecule has 2 N–H and O–H groups in total. The number of cyclic esters (lactones) is 1. The minimum Gasteiger partial charge on any atom is -0.433 e. The van der Waals surface area contributed by atoms with E-state index in [0.717, 1.165) is 12.8 Å². The predicted molar refractivity (Wildman–Crippen MR) is 122 cm³/mol. The minimum absolute atomic E-state index is 0.0268. The quantitative estimate of drug-likeness (QED) is 0.484. The average molecular weight is 470 g/mol. The third-order valence-electron chi connectivity index (χ3n) is 6.51. The fourth-order valence-corrected chi connectivity index (χ4v) is 4.87. The summed E-state index contributed by atoms with van der Waals surface area (Å²) in [5.41, 5.74) is 0.471. The largest absolute Gasteiger partial charge is 0.433 e. The molecule has 1 aromatic rings. The van der Waals surface area contributed by atoms with E-state index in [1.807, 2.05) is 18.2 Å². The Morgan fingerprint density at radius 2 is 1.85 bits per heavy atom. The van der Waals surface area contributed by atoms with Gasteiger partial charge in [0.15, 0.2) is 0 Å². The fourth-order valence-electron chi connectivity index (χ4n) is 4.87. The van der Waals surface area contributed by atoms with Gasteiger partial charge in [-0.05, 0) is 51.2 Å². The van der Waals surface area contributed by atoms with Crippen LogP contribution >= 0.6 is 0 Å². The number of nitrogens with one attached hydrogen (secondary N) is 2. The molecule has 1 unspecified atom stereocenters. The van der Waals surface area contributed by atoms with E-state index in [9.17, 15) is 19.2 Å². The average Bonchev–Trinajstić information content (AvgIpc) is 3.18. The van der Waals surface area contributed by atoms with Gasteiger partial charge < -0.3 is 25.0 Å². The number of piperidine rings is 1. The topological polar surface area (TPSA) is 114 Å². The molecule has 0 saturated carbocycles. The standard InChI is InChI=1S/C25H31N3O6/c1-2-33-25-19(15-21(29)34-25)27-23(31)20-14-8-12-17-11-6-7-13-18(24(32)28(17)20)26-22(30)16-9-4-3-5-10-16/h3-7,9-10,17-20,25H,2,8,11-15H2,1H3,(H,26,30)(H,27,31)/t17-,18-,19-,20-,25?/m0/s1. The van der Waals surface area contributed by atoms with Gasteiger partial charge in [-0.1, -0.05) is 30.4 Å². The molecule has 2 saturated heterocycles. The Labute approximate surface area is 198 Å². The van der Waals surface area contributed by atoms with Gasteiger partial charge in [0, 0.05) is 18.2 Å². The van der Waals surface area contributed by atoms with Crippen LogP contribution in [0, 0.1) is 0 Å². The van der Waals surface area contributed by atoms with Gasteiger partial charge in [-0.25, -0.2) is 0 Å². The van der Waals surface area contributed by atoms with E-state index in [2.05, 4.69) is 10.6 Å². The van der Waals surface area contributed by atoms with Gasteiger partial charge in [0.2, 0.25) is 18.1 Å². The number of fused-ring (bicyclic) bond motifs is 1. The van der Waals surface area contributed by atoms with E-state index in [4.69, 9.17) is 9.47 Å². The summed E-state index contributed by atoms with van der Waals surface area (Å²) in [5, 5.41) is 5.73. The molecule has 0 aliphatic carbocycles. The molecule has 34 heavy (non-hydrogen) atoms. The fraction of sp³-hybridized carbons (Fsp3) is 0.520. The van der Waals surface area contributed by atoms with Crippen molar-refractivity contribution in [3.8, 4) is 0 Å². The summed E-state index contributed by atoms with van der Waals surface area (Å²) in [6.45, 7) is 2.13. The Kier molecular flexibility index (Phi) is 7.62. The van der Waals surface area contributed by atoms with Crippen molar-refractivity contribution in [2.24, 2.45) is 0 Å². The second-order valence-corrected chi connectivity index (χ2v) is 8.81. The van der Waals surface area contributed by atoms with E-state index >= 15 is 0 Å². The molecule has 0 aromatic heterocycles. The third kappa shape index (κ3) is 5.30. The molecule has 0 spiro atoms. The summed E-state index contributed by atoms with van der Waals surface area (Å²) in [6.07, 6.45) is 6.24. The molecular formula is C25H31N3O6. The van der Waals surface area contributed by atoms with Crippen LogP contribution < -0.4 is 10.6 Å². The summed E-state index contributed by atoms with van der Waals surface area (Å²) >= 11 is 0. The van der Waals surface area contributed by atoms with E-state index in [0.29, 0.717) is 31.4 Å². The SMILES string of the molecule is CCOC1OC(=O)C[C@@H]1NC(=O)[C@@H]1CCC[C@@H]2CC=CC[C@H](NC(=O)c3ccccc3)C(=O)N21. The highest BCUT2D eigenvalue weighted by Crippen LogP contribution is 2.29. The van der Waals surface area contributed by atoms with Gasteiger partial charge >= 0.3 is 5.97 Å². The van der Waals surface area contributed by atoms with Crippen LogP contribution in [0.2, 0.25) is 0 Å². The molecule has 5 atom stereocenters. The van der Waals surface area contributed by atoms with Crippen LogP contribution in [0.4, 0.5) is 0 Å². The molecule has 2 fully saturated rings. The summed E-state index contributed by atoms with van der Waals surface area (Å²) in [6, 6.07) is 6.55. The molecule has 0 radical (unpaired) electrons. The molecule has 3 aliphatic rings. The first-order chi connectivity index (χ1) is 16.5. The van der Waals surface area contributed by atoms with Crippen molar-refractivity contribution >= 4 is 23.7 Å². The van der Waals surface area contributed by atoms with Crippen LogP contribution in [0.1, 0.15) is 55.8 Å². The van der Waals surface area contributed by atoms with Gasteiger partial charge in [0.05, 0.1) is 6.42 Å². The lowest BCUT2D eigenvalue weighted by Crippen LogP contribution is -2.62. The van der Waals surface area contributed by atoms with E-state index in [1.165, 1.54) is 0 Å². The number of carbonyl (C=O) groups excluding carboxylic acids is 4. The highest BCUT2D eigenvalue weighted by Gasteiger charge is 2.43. The normalized spacial score (nSPS) is 29.0. The summed E-state index contributed by atoms with van der Waals surface area (Å²) < 4.78 is 10.6. The van der Waals surface area contributed by atoms with Gasteiger partial charge in [0.1, 0.15) is 18.1 Å². The van der Waals surface area contributed by atoms with Gasteiger partial charge in [-0.2, -0.15) is 0 Å². The molecule has 1 aromatic carbocycles. The monoisotopic (exact) mass is 469 g/mol. The zero-order chi connectivity index (χ0) is 24.1. The first kappa shape index (κ1) is 23.9. The number of hydrogen-bond acceptors (Lipinski definition) is 6. The van der Waals surface area contributed by atoms with E-state index in [1.54, 1.807) is 36.1 Å². The molecular weight excluding hydrogens is 438 g/mol. The lowest BCUT2D eigenvalue weighted by molar-refractivity contribution is -0.165. The second kappa shape index (κ2) is 10.8. The number of nitrogens with zero attached hydrogens (tertiary/aromatic N) is 1. The Morgan fingerprint density at radius 3 is 2.62 bits per heavy atom. The Bertz CT molecular complexity index is 949. The van der Waals surface area contributed by atoms with Crippen LogP contribution in [0.25, 0.3) is 0 Å². The smallest absolute Gasteiger partial charge is 0.310 e. The summed E-state index contributed by atoms with van der Waals surface area (Å²) in [7, 11) is 0. The van der Waals surface area contributed by atoms with Crippen molar-refractivity contribution < 1.29 is 28.7 Å². The van der Waals surface area contributed by atoms with Crippen molar-refractivity contribution in [2.75, 3.05) is 6.61 Å². The highest BCUT2D eigenvalue weighted by atomic mass is 16.7. The maximum Gasteiger partial charge on any atom is 0.310 e. The van der Waals surface area contributed by atoms with Crippen molar-refractivity contribution in [3.05, 3.63) is 48.0 Å². The molecule has 3 heterocycles. The van der Waals surface area contributed by atoms with Crippen molar-refractivity contribution in [3.63, 3.8) is 0 Å². The van der Waals surface area contributed by atoms with Crippen molar-refractivity contribution in [2.45, 2.75) is 75.9 Å². The first-order valence-corrected chi connectivity index (χ1v) is 11.9. The molecule has 3 aliphatic heterocycles. The lowest BCUT2D eigenvalue weighted by Gasteiger charge is -2.43. The third-order valence-corrected chi connectivity index (χ3v) is 6.51. The molecule has 182 valence electrons. The zero-order valence-electron chi connectivity index (χ0n) is 19.3. The highest BCUT2D eigenvalue weighted by molar-refractivity contribution is 5.98. The van der Waals surface area contributed by atoms with Gasteiger partial charge in [-0.3, -0.25) is 19.2 Å². The molecule has 3 amide bonds. The number of carbonyl (C=O) groups is 4. The van der Waals surface area contributed by atoms with Crippen LogP contribution in [0.5, 0.6) is 0 Å². The number of hydrogen-bond donors (Lipinski definition) is 2. The predicted octanol–water partition coefficient (Wildman–Crippen LogP) is 1.68. The molecule has 4 rings (SSSR count). The maximum atomic E-state index is 13.7. The van der Waals surface area contributed by atoms with E-state index in [-0.39, 0.29) is 30.2 Å². The van der Waals surface area contributed by atoms with Crippen LogP contribution in [0.15, 0.2) is 42.5 Å². The van der Waals surface area contributed by atoms with E-state index < -0.39 is 30.4 Å². The number of ether oxygens (including phenoxy) is 2. The minimum atomic E-state index is -0.829. The number of esters is 1. The van der Waals surface area contributed by atoms with Crippen LogP contribution in [-0.2, 0) is 23.9 Å². The Balaban J connectivity index is 1.51. The summed E-state index contributed by atoms with van der Waals surface area (Å²) in [5.74, 6) is -1.35. The van der Waals surface area contributed by atoms with Crippen molar-refractivity contribution in [1.82, 2.24) is 15.5 Å². The van der Waals surface area contributed by atoms with Crippen molar-refractivity contribution in [1.29, 1.82) is 0 Å². The van der Waals surface area contributed by atoms with Gasteiger partial charge in [-0.15, -0.1) is 0 Å². The molecule has 0 bridgehead atoms. The van der Waals surface area contributed by atoms with Crippen LogP contribution in [0.3, 0.4) is 0 Å². The zero-order valence-corrected chi connectivity index (χ0v) is 19.3. The molecule has 9 heteroatoms. The molecule has 9 nitrogen and oxygen atoms in total. The first-order valence-electron chi connectivity index (χ1n) is 11.9. The Morgan fingerprint density at radius 1 is 1.09 bits per heavy atom. The Hall–Kier alpha value is -3.20.